The molecule has 0 saturated carbocycles. The van der Waals surface area contributed by atoms with Crippen LogP contribution in [0.5, 0.6) is 0 Å². The number of hydrogen-bond acceptors (Lipinski definition) is 3. The molecule has 0 spiro atoms. The molecule has 0 bridgehead atoms. The Hall–Kier alpha value is -0.420. The van der Waals surface area contributed by atoms with Crippen LogP contribution in [-0.4, -0.2) is 33.0 Å². The highest BCUT2D eigenvalue weighted by Crippen LogP contribution is 2.43. The molecule has 1 rings (SSSR count). The maximum absolute atomic E-state index is 10.5. The number of carbonyl (C=O) groups excluding carboxylic acids is 1. The van der Waals surface area contributed by atoms with Crippen molar-refractivity contribution < 1.29 is 19.1 Å². The van der Waals surface area contributed by atoms with Crippen LogP contribution < -0.4 is 5.73 Å². The zero-order valence-corrected chi connectivity index (χ0v) is 5.86. The highest BCUT2D eigenvalue weighted by molar-refractivity contribution is 7.50. The summed E-state index contributed by atoms with van der Waals surface area (Å²) in [4.78, 5) is 27.3. The summed E-state index contributed by atoms with van der Waals surface area (Å²) in [6, 6.07) is -0.729. The van der Waals surface area contributed by atoms with Crippen molar-refractivity contribution in [2.24, 2.45) is 5.73 Å². The van der Waals surface area contributed by atoms with Crippen LogP contribution in [0, 0.1) is 0 Å². The Morgan fingerprint density at radius 2 is 2.20 bits per heavy atom. The lowest BCUT2D eigenvalue weighted by Crippen LogP contribution is -2.58. The van der Waals surface area contributed by atoms with Crippen LogP contribution in [-0.2, 0) is 9.36 Å². The number of rotatable bonds is 1. The lowest BCUT2D eigenvalue weighted by atomic mass is 10.2. The molecule has 0 aromatic rings. The highest BCUT2D eigenvalue weighted by Gasteiger charge is 2.43. The van der Waals surface area contributed by atoms with Gasteiger partial charge in [-0.25, -0.2) is 9.24 Å². The highest BCUT2D eigenvalue weighted by atomic mass is 31.2. The van der Waals surface area contributed by atoms with Crippen molar-refractivity contribution in [3.05, 3.63) is 0 Å². The second-order valence-electron chi connectivity index (χ2n) is 2.04. The first-order valence-electron chi connectivity index (χ1n) is 2.56. The molecule has 1 saturated heterocycles. The lowest BCUT2D eigenvalue weighted by Gasteiger charge is -2.35. The quantitative estimate of drug-likeness (QED) is 0.316. The van der Waals surface area contributed by atoms with Gasteiger partial charge in [0.2, 0.25) is 5.91 Å². The summed E-state index contributed by atoms with van der Waals surface area (Å²) in [5.74, 6) is -0.687. The summed E-state index contributed by atoms with van der Waals surface area (Å²) >= 11 is 0. The molecule has 0 aromatic heterocycles. The topological polar surface area (TPSA) is 104 Å². The average molecular weight is 166 g/mol. The van der Waals surface area contributed by atoms with Gasteiger partial charge in [0.1, 0.15) is 6.04 Å². The van der Waals surface area contributed by atoms with Gasteiger partial charge < -0.3 is 15.5 Å². The molecule has 1 atom stereocenters. The maximum Gasteiger partial charge on any atom is 0.432 e. The number of amides is 1. The van der Waals surface area contributed by atoms with Gasteiger partial charge in [0, 0.05) is 0 Å². The first kappa shape index (κ1) is 7.68. The van der Waals surface area contributed by atoms with Crippen molar-refractivity contribution in [1.82, 2.24) is 4.67 Å². The number of hydrogen-bond donors (Lipinski definition) is 3. The van der Waals surface area contributed by atoms with E-state index in [1.165, 1.54) is 0 Å². The van der Waals surface area contributed by atoms with Crippen LogP contribution in [0.25, 0.3) is 0 Å². The number of nitrogens with two attached hydrogens (primary N) is 1. The van der Waals surface area contributed by atoms with Gasteiger partial charge in [-0.1, -0.05) is 0 Å². The van der Waals surface area contributed by atoms with Crippen LogP contribution in [0.1, 0.15) is 0 Å². The fourth-order valence-electron chi connectivity index (χ4n) is 0.668. The number of β-lactam (4-membered cyclic amide) rings is 1. The summed E-state index contributed by atoms with van der Waals surface area (Å²) in [5, 5.41) is 0. The second kappa shape index (κ2) is 2.03. The predicted molar refractivity (Wildman–Crippen MR) is 31.7 cm³/mol. The first-order chi connectivity index (χ1) is 4.43. The van der Waals surface area contributed by atoms with E-state index in [2.05, 4.69) is 0 Å². The van der Waals surface area contributed by atoms with Gasteiger partial charge in [-0.15, -0.1) is 0 Å². The summed E-state index contributed by atoms with van der Waals surface area (Å²) in [6.07, 6.45) is 0. The van der Waals surface area contributed by atoms with E-state index in [1.54, 1.807) is 0 Å². The molecule has 1 fully saturated rings. The Kier molecular flexibility index (Phi) is 1.56. The summed E-state index contributed by atoms with van der Waals surface area (Å²) < 4.78 is 10.8. The van der Waals surface area contributed by atoms with Gasteiger partial charge >= 0.3 is 7.75 Å². The molecular weight excluding hydrogens is 159 g/mol. The van der Waals surface area contributed by atoms with Crippen LogP contribution in [0.3, 0.4) is 0 Å². The fraction of sp³-hybridized carbons (Fsp3) is 0.667. The van der Waals surface area contributed by atoms with Crippen molar-refractivity contribution >= 4 is 13.7 Å². The van der Waals surface area contributed by atoms with E-state index < -0.39 is 19.7 Å². The second-order valence-corrected chi connectivity index (χ2v) is 3.55. The molecule has 0 aromatic carbocycles. The largest absolute Gasteiger partial charge is 0.432 e. The van der Waals surface area contributed by atoms with E-state index >= 15 is 0 Å². The number of carbonyl (C=O) groups is 1. The van der Waals surface area contributed by atoms with Gasteiger partial charge in [0.25, 0.3) is 0 Å². The van der Waals surface area contributed by atoms with E-state index in [0.717, 1.165) is 0 Å². The Bertz CT molecular complexity index is 211. The zero-order valence-electron chi connectivity index (χ0n) is 4.97. The number of nitrogens with zero attached hydrogens (tertiary/aromatic N) is 1. The van der Waals surface area contributed by atoms with Gasteiger partial charge in [-0.2, -0.15) is 0 Å². The van der Waals surface area contributed by atoms with Crippen molar-refractivity contribution in [2.45, 2.75) is 6.04 Å². The fourth-order valence-corrected chi connectivity index (χ4v) is 1.46. The molecule has 7 heteroatoms. The molecule has 0 aliphatic carbocycles. The molecule has 1 aliphatic rings. The first-order valence-corrected chi connectivity index (χ1v) is 4.12. The summed E-state index contributed by atoms with van der Waals surface area (Å²) in [6.45, 7) is -0.0525. The molecule has 10 heavy (non-hydrogen) atoms. The van der Waals surface area contributed by atoms with Gasteiger partial charge in [-0.05, 0) is 0 Å². The van der Waals surface area contributed by atoms with Crippen molar-refractivity contribution in [3.8, 4) is 0 Å². The van der Waals surface area contributed by atoms with Crippen molar-refractivity contribution in [2.75, 3.05) is 6.54 Å². The molecule has 1 aliphatic heterocycles. The molecule has 6 nitrogen and oxygen atoms in total. The predicted octanol–water partition coefficient (Wildman–Crippen LogP) is -1.75. The van der Waals surface area contributed by atoms with E-state index in [9.17, 15) is 9.36 Å². The molecular formula is C3H7N2O4P. The molecule has 1 unspecified atom stereocenters. The van der Waals surface area contributed by atoms with Crippen LogP contribution in [0.2, 0.25) is 0 Å². The van der Waals surface area contributed by atoms with Crippen LogP contribution in [0.15, 0.2) is 0 Å². The standard InChI is InChI=1S/C3H7N2O4P/c4-2-1-5(3(2)6)10(7,8)9/h2H,1,4H2,(H2,7,8,9). The third kappa shape index (κ3) is 1.06. The van der Waals surface area contributed by atoms with Crippen LogP contribution in [0.4, 0.5) is 0 Å². The lowest BCUT2D eigenvalue weighted by molar-refractivity contribution is -0.136. The van der Waals surface area contributed by atoms with Crippen molar-refractivity contribution in [3.63, 3.8) is 0 Å². The van der Waals surface area contributed by atoms with Gasteiger partial charge in [0.15, 0.2) is 0 Å². The zero-order chi connectivity index (χ0) is 7.94. The minimum absolute atomic E-state index is 0.0525. The Morgan fingerprint density at radius 3 is 2.30 bits per heavy atom. The van der Waals surface area contributed by atoms with Crippen molar-refractivity contribution in [1.29, 1.82) is 0 Å². The molecule has 1 amide bonds. The van der Waals surface area contributed by atoms with E-state index in [-0.39, 0.29) is 6.54 Å². The Morgan fingerprint density at radius 1 is 1.70 bits per heavy atom. The average Bonchev–Trinajstić information content (AvgIpc) is 1.79. The smallest absolute Gasteiger partial charge is 0.318 e. The van der Waals surface area contributed by atoms with E-state index in [0.29, 0.717) is 4.67 Å². The third-order valence-electron chi connectivity index (χ3n) is 1.26. The minimum Gasteiger partial charge on any atom is -0.318 e. The van der Waals surface area contributed by atoms with E-state index in [4.69, 9.17) is 15.5 Å². The van der Waals surface area contributed by atoms with Crippen LogP contribution >= 0.6 is 7.75 Å². The SMILES string of the molecule is NC1CN(P(=O)(O)O)C1=O. The molecule has 4 N–H and O–H groups in total. The summed E-state index contributed by atoms with van der Waals surface area (Å²) in [7, 11) is -4.36. The Labute approximate surface area is 56.8 Å². The summed E-state index contributed by atoms with van der Waals surface area (Å²) in [5.41, 5.74) is 5.07. The molecule has 58 valence electrons. The van der Waals surface area contributed by atoms with E-state index in [1.807, 2.05) is 0 Å². The maximum atomic E-state index is 10.5. The van der Waals surface area contributed by atoms with Gasteiger partial charge in [0.05, 0.1) is 6.54 Å². The molecule has 0 radical (unpaired) electrons. The monoisotopic (exact) mass is 166 g/mol. The normalized spacial score (nSPS) is 26.5. The minimum atomic E-state index is -4.36. The molecule has 1 heterocycles. The van der Waals surface area contributed by atoms with Gasteiger partial charge in [-0.3, -0.25) is 4.79 Å². The Balaban J connectivity index is 2.65. The third-order valence-corrected chi connectivity index (χ3v) is 2.25.